The van der Waals surface area contributed by atoms with Crippen LogP contribution in [0, 0.1) is 0 Å². The minimum absolute atomic E-state index is 0.00865. The van der Waals surface area contributed by atoms with Crippen molar-refractivity contribution in [1.29, 1.82) is 0 Å². The Balaban J connectivity index is 3.40. The Hall–Kier alpha value is -2.18. The first kappa shape index (κ1) is 83.8. The Labute approximate surface area is 537 Å². The molecule has 0 saturated heterocycles. The third-order valence-corrected chi connectivity index (χ3v) is 18.1. The number of aliphatic hydroxyl groups is 2. The summed E-state index contributed by atoms with van der Waals surface area (Å²) in [6.07, 6.45) is 99.3. The van der Waals surface area contributed by atoms with Crippen molar-refractivity contribution in [3.05, 3.63) is 48.6 Å². The van der Waals surface area contributed by atoms with Crippen molar-refractivity contribution in [3.8, 4) is 0 Å². The highest BCUT2D eigenvalue weighted by molar-refractivity contribution is 5.76. The van der Waals surface area contributed by atoms with Crippen LogP contribution in [-0.2, 0) is 14.3 Å². The maximum Gasteiger partial charge on any atom is 0.305 e. The molecule has 0 aliphatic heterocycles. The number of hydrogen-bond acceptors (Lipinski definition) is 5. The van der Waals surface area contributed by atoms with Crippen LogP contribution in [0.2, 0.25) is 0 Å². The fourth-order valence-electron chi connectivity index (χ4n) is 12.1. The Morgan fingerprint density at radius 1 is 0.326 bits per heavy atom. The second kappa shape index (κ2) is 75.3. The number of carbonyl (C=O) groups excluding carboxylic acids is 2. The number of esters is 1. The summed E-state index contributed by atoms with van der Waals surface area (Å²) >= 11 is 0. The van der Waals surface area contributed by atoms with Gasteiger partial charge in [-0.1, -0.05) is 371 Å². The second-order valence-corrected chi connectivity index (χ2v) is 26.7. The van der Waals surface area contributed by atoms with E-state index in [1.807, 2.05) is 6.08 Å². The van der Waals surface area contributed by atoms with Crippen molar-refractivity contribution in [1.82, 2.24) is 5.32 Å². The van der Waals surface area contributed by atoms with E-state index in [-0.39, 0.29) is 18.5 Å². The average Bonchev–Trinajstić information content (AvgIpc) is 3.54. The third-order valence-electron chi connectivity index (χ3n) is 18.1. The Kier molecular flexibility index (Phi) is 73.4. The summed E-state index contributed by atoms with van der Waals surface area (Å²) in [7, 11) is 0. The van der Waals surface area contributed by atoms with Crippen LogP contribution in [0.3, 0.4) is 0 Å². The molecule has 0 saturated carbocycles. The van der Waals surface area contributed by atoms with Crippen LogP contribution in [0.4, 0.5) is 0 Å². The van der Waals surface area contributed by atoms with Crippen LogP contribution in [-0.4, -0.2) is 47.4 Å². The summed E-state index contributed by atoms with van der Waals surface area (Å²) in [4.78, 5) is 24.7. The molecular formula is C80H151NO5. The van der Waals surface area contributed by atoms with Crippen LogP contribution in [0.5, 0.6) is 0 Å². The van der Waals surface area contributed by atoms with Crippen molar-refractivity contribution in [2.24, 2.45) is 0 Å². The molecule has 0 aromatic carbocycles. The lowest BCUT2D eigenvalue weighted by atomic mass is 10.0. The van der Waals surface area contributed by atoms with Crippen LogP contribution in [0.1, 0.15) is 425 Å². The number of hydrogen-bond donors (Lipinski definition) is 3. The van der Waals surface area contributed by atoms with E-state index in [9.17, 15) is 19.8 Å². The number of nitrogens with one attached hydrogen (secondary N) is 1. The smallest absolute Gasteiger partial charge is 0.305 e. The standard InChI is InChI=1S/C80H151NO5/c1-3-5-7-9-11-13-15-17-19-21-23-24-31-34-37-40-44-48-52-56-60-64-68-72-78(83)77(76-82)81-79(84)73-69-65-61-57-53-49-45-41-38-35-32-29-27-25-26-28-30-33-36-39-43-47-51-55-59-63-67-71-75-86-80(85)74-70-66-62-58-54-50-46-42-22-20-18-16-14-12-10-8-6-4-2/h14,16,20,22,25-26,68,72,77-78,82-83H,3-13,15,17-19,21,23-24,27-67,69-71,73-76H2,1-2H3,(H,81,84)/b16-14-,22-20-,26-25-,72-68+. The van der Waals surface area contributed by atoms with E-state index in [0.29, 0.717) is 19.4 Å². The number of ether oxygens (including phenoxy) is 1. The van der Waals surface area contributed by atoms with Crippen LogP contribution < -0.4 is 5.32 Å². The topological polar surface area (TPSA) is 95.9 Å². The first-order valence-electron chi connectivity index (χ1n) is 38.9. The van der Waals surface area contributed by atoms with Crippen molar-refractivity contribution in [2.75, 3.05) is 13.2 Å². The molecular weight excluding hydrogens is 1050 g/mol. The van der Waals surface area contributed by atoms with Crippen LogP contribution >= 0.6 is 0 Å². The zero-order chi connectivity index (χ0) is 62.0. The molecule has 1 amide bonds. The molecule has 0 rings (SSSR count). The van der Waals surface area contributed by atoms with Gasteiger partial charge in [-0.15, -0.1) is 0 Å². The molecule has 506 valence electrons. The van der Waals surface area contributed by atoms with Gasteiger partial charge >= 0.3 is 5.97 Å². The van der Waals surface area contributed by atoms with Gasteiger partial charge in [0.15, 0.2) is 0 Å². The van der Waals surface area contributed by atoms with Gasteiger partial charge in [0.2, 0.25) is 5.91 Å². The maximum absolute atomic E-state index is 12.5. The van der Waals surface area contributed by atoms with E-state index in [1.165, 1.54) is 347 Å². The molecule has 0 fully saturated rings. The highest BCUT2D eigenvalue weighted by Gasteiger charge is 2.18. The lowest BCUT2D eigenvalue weighted by Gasteiger charge is -2.20. The monoisotopic (exact) mass is 1210 g/mol. The van der Waals surface area contributed by atoms with Crippen molar-refractivity contribution < 1.29 is 24.5 Å². The van der Waals surface area contributed by atoms with E-state index in [2.05, 4.69) is 55.6 Å². The number of aliphatic hydroxyl groups excluding tert-OH is 2. The van der Waals surface area contributed by atoms with Crippen molar-refractivity contribution >= 4 is 11.9 Å². The molecule has 0 aliphatic carbocycles. The molecule has 0 bridgehead atoms. The molecule has 2 unspecified atom stereocenters. The van der Waals surface area contributed by atoms with Gasteiger partial charge in [-0.05, 0) is 89.9 Å². The van der Waals surface area contributed by atoms with Gasteiger partial charge < -0.3 is 20.3 Å². The minimum atomic E-state index is -0.847. The largest absolute Gasteiger partial charge is 0.466 e. The third kappa shape index (κ3) is 70.9. The molecule has 0 aromatic rings. The first-order valence-corrected chi connectivity index (χ1v) is 38.9. The Morgan fingerprint density at radius 2 is 0.581 bits per heavy atom. The van der Waals surface area contributed by atoms with Gasteiger partial charge in [0.05, 0.1) is 25.4 Å². The first-order chi connectivity index (χ1) is 42.5. The summed E-state index contributed by atoms with van der Waals surface area (Å²) < 4.78 is 5.50. The predicted molar refractivity (Wildman–Crippen MR) is 379 cm³/mol. The normalized spacial score (nSPS) is 12.7. The molecule has 86 heavy (non-hydrogen) atoms. The molecule has 0 aromatic heterocycles. The molecule has 0 radical (unpaired) electrons. The van der Waals surface area contributed by atoms with Gasteiger partial charge in [0.1, 0.15) is 0 Å². The SMILES string of the molecule is CCCCCC/C=C\C/C=C\CCCCCCCCCC(=O)OCCCCCCCCCCCCCC/C=C\CCCCCCCCCCCCCCC(=O)NC(CO)C(O)/C=C/CCCCCCCCCCCCCCCCCCCCCCC. The number of unbranched alkanes of at least 4 members (excludes halogenated alkanes) is 56. The number of allylic oxidation sites excluding steroid dienone is 7. The zero-order valence-corrected chi connectivity index (χ0v) is 58.1. The second-order valence-electron chi connectivity index (χ2n) is 26.7. The number of rotatable bonds is 73. The molecule has 0 heterocycles. The van der Waals surface area contributed by atoms with Gasteiger partial charge in [0.25, 0.3) is 0 Å². The van der Waals surface area contributed by atoms with E-state index >= 15 is 0 Å². The van der Waals surface area contributed by atoms with Gasteiger partial charge in [-0.3, -0.25) is 9.59 Å². The quantitative estimate of drug-likeness (QED) is 0.0320. The van der Waals surface area contributed by atoms with Gasteiger partial charge in [-0.2, -0.15) is 0 Å². The lowest BCUT2D eigenvalue weighted by molar-refractivity contribution is -0.143. The molecule has 3 N–H and O–H groups in total. The number of carbonyl (C=O) groups is 2. The minimum Gasteiger partial charge on any atom is -0.466 e. The molecule has 6 nitrogen and oxygen atoms in total. The highest BCUT2D eigenvalue weighted by atomic mass is 16.5. The molecule has 0 spiro atoms. The van der Waals surface area contributed by atoms with Crippen molar-refractivity contribution in [3.63, 3.8) is 0 Å². The zero-order valence-electron chi connectivity index (χ0n) is 58.1. The highest BCUT2D eigenvalue weighted by Crippen LogP contribution is 2.19. The van der Waals surface area contributed by atoms with Gasteiger partial charge in [0, 0.05) is 12.8 Å². The number of amides is 1. The van der Waals surface area contributed by atoms with Crippen LogP contribution in [0.15, 0.2) is 48.6 Å². The molecule has 6 heteroatoms. The summed E-state index contributed by atoms with van der Waals surface area (Å²) in [5.74, 6) is -0.0552. The van der Waals surface area contributed by atoms with Crippen LogP contribution in [0.25, 0.3) is 0 Å². The van der Waals surface area contributed by atoms with E-state index in [4.69, 9.17) is 4.74 Å². The summed E-state index contributed by atoms with van der Waals surface area (Å²) in [6, 6.07) is -0.630. The Bertz CT molecular complexity index is 1440. The molecule has 0 aliphatic rings. The van der Waals surface area contributed by atoms with Crippen molar-refractivity contribution in [2.45, 2.75) is 437 Å². The lowest BCUT2D eigenvalue weighted by Crippen LogP contribution is -2.45. The predicted octanol–water partition coefficient (Wildman–Crippen LogP) is 25.6. The summed E-state index contributed by atoms with van der Waals surface area (Å²) in [5, 5.41) is 23.3. The molecule has 2 atom stereocenters. The van der Waals surface area contributed by atoms with Gasteiger partial charge in [-0.25, -0.2) is 0 Å². The fraction of sp³-hybridized carbons (Fsp3) is 0.875. The summed E-state index contributed by atoms with van der Waals surface area (Å²) in [6.45, 7) is 4.92. The van der Waals surface area contributed by atoms with E-state index < -0.39 is 12.1 Å². The summed E-state index contributed by atoms with van der Waals surface area (Å²) in [5.41, 5.74) is 0. The van der Waals surface area contributed by atoms with E-state index in [1.54, 1.807) is 6.08 Å². The fourth-order valence-corrected chi connectivity index (χ4v) is 12.1. The Morgan fingerprint density at radius 3 is 0.907 bits per heavy atom. The van der Waals surface area contributed by atoms with E-state index in [0.717, 1.165) is 51.4 Å². The average molecular weight is 1210 g/mol. The maximum atomic E-state index is 12.5.